The molecule has 0 unspecified atom stereocenters. The van der Waals surface area contributed by atoms with E-state index in [0.29, 0.717) is 17.6 Å². The fourth-order valence-electron chi connectivity index (χ4n) is 2.40. The van der Waals surface area contributed by atoms with E-state index >= 15 is 0 Å². The lowest BCUT2D eigenvalue weighted by molar-refractivity contribution is -0.118. The minimum absolute atomic E-state index is 0.0900. The van der Waals surface area contributed by atoms with E-state index in [0.717, 1.165) is 15.3 Å². The molecular weight excluding hydrogens is 318 g/mol. The number of aryl methyl sites for hydroxylation is 1. The first kappa shape index (κ1) is 14.9. The highest BCUT2D eigenvalue weighted by Gasteiger charge is 2.17. The van der Waals surface area contributed by atoms with Gasteiger partial charge in [-0.05, 0) is 11.4 Å². The van der Waals surface area contributed by atoms with Gasteiger partial charge in [0.1, 0.15) is 10.7 Å². The first-order valence-electron chi connectivity index (χ1n) is 6.95. The van der Waals surface area contributed by atoms with Crippen LogP contribution in [-0.2, 0) is 17.8 Å². The zero-order valence-corrected chi connectivity index (χ0v) is 13.7. The molecule has 7 heteroatoms. The molecule has 114 valence electrons. The molecule has 0 bridgehead atoms. The summed E-state index contributed by atoms with van der Waals surface area (Å²) >= 11 is 3.07. The Hall–Kier alpha value is -1.99. The molecule has 2 N–H and O–H groups in total. The van der Waals surface area contributed by atoms with Gasteiger partial charge in [0, 0.05) is 35.2 Å². The quantitative estimate of drug-likeness (QED) is 0.779. The molecule has 0 fully saturated rings. The average molecular weight is 333 g/mol. The van der Waals surface area contributed by atoms with E-state index in [4.69, 9.17) is 5.73 Å². The summed E-state index contributed by atoms with van der Waals surface area (Å²) in [5.74, 6) is 0.274. The number of thiophene rings is 2. The third-order valence-corrected chi connectivity index (χ3v) is 5.23. The molecule has 0 atom stereocenters. The molecule has 5 nitrogen and oxygen atoms in total. The molecule has 3 heterocycles. The van der Waals surface area contributed by atoms with Gasteiger partial charge in [-0.15, -0.1) is 22.7 Å². The first-order chi connectivity index (χ1) is 10.6. The Morgan fingerprint density at radius 2 is 2.23 bits per heavy atom. The number of nitrogens with two attached hydrogens (primary N) is 1. The van der Waals surface area contributed by atoms with Crippen LogP contribution in [0, 0.1) is 0 Å². The van der Waals surface area contributed by atoms with Crippen LogP contribution >= 0.6 is 22.7 Å². The van der Waals surface area contributed by atoms with Crippen LogP contribution in [0.4, 0.5) is 0 Å². The van der Waals surface area contributed by atoms with Gasteiger partial charge in [0.25, 0.3) is 5.56 Å². The van der Waals surface area contributed by atoms with Gasteiger partial charge in [-0.2, -0.15) is 0 Å². The van der Waals surface area contributed by atoms with Gasteiger partial charge < -0.3 is 5.73 Å². The van der Waals surface area contributed by atoms with E-state index in [2.05, 4.69) is 4.98 Å². The molecular formula is C15H15N3O2S2. The summed E-state index contributed by atoms with van der Waals surface area (Å²) in [7, 11) is 0. The maximum absolute atomic E-state index is 12.9. The van der Waals surface area contributed by atoms with Crippen molar-refractivity contribution in [2.75, 3.05) is 0 Å². The fourth-order valence-corrected chi connectivity index (χ4v) is 4.17. The second kappa shape index (κ2) is 6.02. The average Bonchev–Trinajstić information content (AvgIpc) is 3.14. The third kappa shape index (κ3) is 2.57. The highest BCUT2D eigenvalue weighted by Crippen LogP contribution is 2.33. The van der Waals surface area contributed by atoms with Gasteiger partial charge in [0.2, 0.25) is 5.91 Å². The molecule has 0 saturated carbocycles. The molecule has 0 aliphatic rings. The fraction of sp³-hybridized carbons (Fsp3) is 0.267. The van der Waals surface area contributed by atoms with Crippen molar-refractivity contribution in [1.82, 2.24) is 9.55 Å². The van der Waals surface area contributed by atoms with Gasteiger partial charge in [0.15, 0.2) is 0 Å². The SMILES string of the molecule is CCc1nc2scc(-c3cccs3)c2c(=O)n1CCC(N)=O. The second-order valence-electron chi connectivity index (χ2n) is 4.86. The summed E-state index contributed by atoms with van der Waals surface area (Å²) in [6, 6.07) is 3.95. The lowest BCUT2D eigenvalue weighted by Gasteiger charge is -2.10. The standard InChI is InChI=1S/C15H15N3O2S2/c1-2-12-17-14-13(15(20)18(12)6-5-11(16)19)9(8-22-14)10-4-3-7-21-10/h3-4,7-8H,2,5-6H2,1H3,(H2,16,19). The molecule has 22 heavy (non-hydrogen) atoms. The van der Waals surface area contributed by atoms with Gasteiger partial charge in [-0.3, -0.25) is 14.2 Å². The van der Waals surface area contributed by atoms with Crippen molar-refractivity contribution < 1.29 is 4.79 Å². The van der Waals surface area contributed by atoms with Crippen molar-refractivity contribution in [1.29, 1.82) is 0 Å². The second-order valence-corrected chi connectivity index (χ2v) is 6.67. The number of nitrogens with zero attached hydrogens (tertiary/aromatic N) is 2. The largest absolute Gasteiger partial charge is 0.370 e. The molecule has 0 aliphatic heterocycles. The van der Waals surface area contributed by atoms with Crippen molar-refractivity contribution in [3.05, 3.63) is 39.1 Å². The third-order valence-electron chi connectivity index (χ3n) is 3.46. The van der Waals surface area contributed by atoms with Crippen molar-refractivity contribution in [3.8, 4) is 10.4 Å². The predicted molar refractivity (Wildman–Crippen MR) is 90.4 cm³/mol. The van der Waals surface area contributed by atoms with Crippen LogP contribution in [-0.4, -0.2) is 15.5 Å². The maximum Gasteiger partial charge on any atom is 0.262 e. The topological polar surface area (TPSA) is 78.0 Å². The molecule has 1 amide bonds. The summed E-state index contributed by atoms with van der Waals surface area (Å²) < 4.78 is 1.58. The Morgan fingerprint density at radius 1 is 1.41 bits per heavy atom. The number of amides is 1. The monoisotopic (exact) mass is 333 g/mol. The van der Waals surface area contributed by atoms with Gasteiger partial charge in [-0.25, -0.2) is 4.98 Å². The number of carbonyl (C=O) groups excluding carboxylic acids is 1. The predicted octanol–water partition coefficient (Wildman–Crippen LogP) is 2.62. The van der Waals surface area contributed by atoms with E-state index in [1.54, 1.807) is 15.9 Å². The smallest absolute Gasteiger partial charge is 0.262 e. The van der Waals surface area contributed by atoms with Gasteiger partial charge in [-0.1, -0.05) is 13.0 Å². The van der Waals surface area contributed by atoms with Crippen LogP contribution in [0.1, 0.15) is 19.2 Å². The molecule has 0 saturated heterocycles. The molecule has 3 aromatic rings. The summed E-state index contributed by atoms with van der Waals surface area (Å²) in [6.07, 6.45) is 0.773. The van der Waals surface area contributed by atoms with Crippen LogP contribution in [0.3, 0.4) is 0 Å². The number of primary amides is 1. The van der Waals surface area contributed by atoms with Crippen LogP contribution in [0.5, 0.6) is 0 Å². The van der Waals surface area contributed by atoms with Crippen LogP contribution in [0.15, 0.2) is 27.7 Å². The Labute approximate surface area is 135 Å². The highest BCUT2D eigenvalue weighted by molar-refractivity contribution is 7.18. The lowest BCUT2D eigenvalue weighted by Crippen LogP contribution is -2.27. The summed E-state index contributed by atoms with van der Waals surface area (Å²) in [5.41, 5.74) is 6.04. The van der Waals surface area contributed by atoms with E-state index < -0.39 is 5.91 Å². The van der Waals surface area contributed by atoms with E-state index in [9.17, 15) is 9.59 Å². The Balaban J connectivity index is 2.21. The van der Waals surface area contributed by atoms with Crippen molar-refractivity contribution in [2.45, 2.75) is 26.3 Å². The molecule has 0 spiro atoms. The normalized spacial score (nSPS) is 11.1. The van der Waals surface area contributed by atoms with E-state index in [1.807, 2.05) is 29.8 Å². The Bertz CT molecular complexity index is 878. The number of carbonyl (C=O) groups is 1. The van der Waals surface area contributed by atoms with E-state index in [1.165, 1.54) is 11.3 Å². The summed E-state index contributed by atoms with van der Waals surface area (Å²) in [5, 5.41) is 4.59. The van der Waals surface area contributed by atoms with Crippen molar-refractivity contribution in [3.63, 3.8) is 0 Å². The number of hydrogen-bond donors (Lipinski definition) is 1. The van der Waals surface area contributed by atoms with Gasteiger partial charge in [0.05, 0.1) is 5.39 Å². The van der Waals surface area contributed by atoms with E-state index in [-0.39, 0.29) is 18.5 Å². The molecule has 0 aromatic carbocycles. The lowest BCUT2D eigenvalue weighted by atomic mass is 10.2. The van der Waals surface area contributed by atoms with Crippen molar-refractivity contribution >= 4 is 38.8 Å². The molecule has 0 aliphatic carbocycles. The minimum atomic E-state index is -0.419. The molecule has 0 radical (unpaired) electrons. The van der Waals surface area contributed by atoms with Crippen LogP contribution < -0.4 is 11.3 Å². The number of fused-ring (bicyclic) bond motifs is 1. The minimum Gasteiger partial charge on any atom is -0.370 e. The number of rotatable bonds is 5. The molecule has 3 rings (SSSR count). The number of aromatic nitrogens is 2. The molecule has 3 aromatic heterocycles. The highest BCUT2D eigenvalue weighted by atomic mass is 32.1. The van der Waals surface area contributed by atoms with Gasteiger partial charge >= 0.3 is 0 Å². The maximum atomic E-state index is 12.9. The zero-order chi connectivity index (χ0) is 15.7. The zero-order valence-electron chi connectivity index (χ0n) is 12.0. The Morgan fingerprint density at radius 3 is 2.86 bits per heavy atom. The summed E-state index contributed by atoms with van der Waals surface area (Å²) in [4.78, 5) is 30.3. The summed E-state index contributed by atoms with van der Waals surface area (Å²) in [6.45, 7) is 2.22. The van der Waals surface area contributed by atoms with Crippen LogP contribution in [0.2, 0.25) is 0 Å². The van der Waals surface area contributed by atoms with Crippen molar-refractivity contribution in [2.24, 2.45) is 5.73 Å². The van der Waals surface area contributed by atoms with Crippen LogP contribution in [0.25, 0.3) is 20.7 Å². The first-order valence-corrected chi connectivity index (χ1v) is 8.70. The Kier molecular flexibility index (Phi) is 4.08. The number of hydrogen-bond acceptors (Lipinski definition) is 5.